The van der Waals surface area contributed by atoms with Gasteiger partial charge in [0.25, 0.3) is 0 Å². The van der Waals surface area contributed by atoms with Gasteiger partial charge < -0.3 is 0 Å². The topological polar surface area (TPSA) is 0 Å². The van der Waals surface area contributed by atoms with Gasteiger partial charge in [0.2, 0.25) is 0 Å². The molecule has 0 heterocycles. The minimum absolute atomic E-state index is 0.0142. The molecule has 0 spiro atoms. The van der Waals surface area contributed by atoms with Crippen molar-refractivity contribution < 1.29 is 17.6 Å². The second-order valence-corrected chi connectivity index (χ2v) is 10.5. The molecule has 2 aliphatic carbocycles. The van der Waals surface area contributed by atoms with Crippen molar-refractivity contribution in [2.45, 2.75) is 84.0 Å². The molecule has 2 saturated carbocycles. The Labute approximate surface area is 189 Å². The summed E-state index contributed by atoms with van der Waals surface area (Å²) in [5.41, 5.74) is 0.309. The highest BCUT2D eigenvalue weighted by molar-refractivity contribution is 5.66. The SMILES string of the molecule is CC1CCC(c2ccc(-c3ccc(C4CCC(C(C)C)CC4)c(F)c3F)c(F)c2F)CC1. The minimum Gasteiger partial charge on any atom is -0.203 e. The molecule has 0 aliphatic heterocycles. The average Bonchev–Trinajstić information content (AvgIpc) is 2.79. The Morgan fingerprint density at radius 1 is 0.594 bits per heavy atom. The summed E-state index contributed by atoms with van der Waals surface area (Å²) in [4.78, 5) is 0. The molecule has 0 unspecified atom stereocenters. The van der Waals surface area contributed by atoms with Gasteiger partial charge in [-0.25, -0.2) is 17.6 Å². The van der Waals surface area contributed by atoms with Crippen LogP contribution in [-0.4, -0.2) is 0 Å². The summed E-state index contributed by atoms with van der Waals surface area (Å²) in [6.45, 7) is 6.58. The van der Waals surface area contributed by atoms with Crippen LogP contribution < -0.4 is 0 Å². The molecule has 0 amide bonds. The second kappa shape index (κ2) is 9.57. The lowest BCUT2D eigenvalue weighted by molar-refractivity contribution is 0.256. The van der Waals surface area contributed by atoms with Gasteiger partial charge in [-0.2, -0.15) is 0 Å². The Balaban J connectivity index is 1.59. The van der Waals surface area contributed by atoms with Crippen LogP contribution in [0.4, 0.5) is 17.6 Å². The summed E-state index contributed by atoms with van der Waals surface area (Å²) in [6.07, 6.45) is 7.31. The third kappa shape index (κ3) is 4.47. The smallest absolute Gasteiger partial charge is 0.167 e. The molecule has 0 bridgehead atoms. The van der Waals surface area contributed by atoms with Crippen LogP contribution in [0.1, 0.15) is 95.1 Å². The van der Waals surface area contributed by atoms with Gasteiger partial charge >= 0.3 is 0 Å². The normalized spacial score (nSPS) is 26.5. The maximum Gasteiger partial charge on any atom is 0.167 e. The predicted molar refractivity (Wildman–Crippen MR) is 122 cm³/mol. The van der Waals surface area contributed by atoms with E-state index in [0.717, 1.165) is 51.4 Å². The number of halogens is 4. The van der Waals surface area contributed by atoms with E-state index in [1.807, 2.05) is 0 Å². The first-order valence-electron chi connectivity index (χ1n) is 12.2. The summed E-state index contributed by atoms with van der Waals surface area (Å²) in [5.74, 6) is -2.20. The van der Waals surface area contributed by atoms with Crippen molar-refractivity contribution in [2.24, 2.45) is 17.8 Å². The fourth-order valence-corrected chi connectivity index (χ4v) is 5.84. The van der Waals surface area contributed by atoms with Crippen molar-refractivity contribution in [1.82, 2.24) is 0 Å². The van der Waals surface area contributed by atoms with Gasteiger partial charge in [0.15, 0.2) is 23.3 Å². The molecule has 0 radical (unpaired) electrons. The van der Waals surface area contributed by atoms with Crippen LogP contribution in [0.2, 0.25) is 0 Å². The average molecular weight is 447 g/mol. The summed E-state index contributed by atoms with van der Waals surface area (Å²) in [5, 5.41) is 0. The van der Waals surface area contributed by atoms with Crippen LogP contribution in [0.5, 0.6) is 0 Å². The van der Waals surface area contributed by atoms with E-state index in [2.05, 4.69) is 20.8 Å². The van der Waals surface area contributed by atoms with Crippen LogP contribution in [0.15, 0.2) is 24.3 Å². The van der Waals surface area contributed by atoms with Crippen molar-refractivity contribution in [2.75, 3.05) is 0 Å². The standard InChI is InChI=1S/C28H34F4/c1-16(2)18-8-10-20(11-9-18)22-13-15-24(28(32)26(22)30)23-14-12-21(25(29)27(23)31)19-6-4-17(3)5-7-19/h12-20H,4-11H2,1-3H3. The van der Waals surface area contributed by atoms with E-state index in [-0.39, 0.29) is 23.0 Å². The van der Waals surface area contributed by atoms with Crippen LogP contribution in [0, 0.1) is 41.0 Å². The third-order valence-electron chi connectivity index (χ3n) is 8.12. The highest BCUT2D eigenvalue weighted by Gasteiger charge is 2.29. The highest BCUT2D eigenvalue weighted by Crippen LogP contribution is 2.42. The lowest BCUT2D eigenvalue weighted by atomic mass is 9.74. The van der Waals surface area contributed by atoms with Crippen molar-refractivity contribution in [3.63, 3.8) is 0 Å². The van der Waals surface area contributed by atoms with Gasteiger partial charge in [-0.05, 0) is 79.2 Å². The quantitative estimate of drug-likeness (QED) is 0.411. The zero-order valence-corrected chi connectivity index (χ0v) is 19.4. The monoisotopic (exact) mass is 446 g/mol. The summed E-state index contributed by atoms with van der Waals surface area (Å²) in [6, 6.07) is 5.97. The van der Waals surface area contributed by atoms with Gasteiger partial charge in [-0.15, -0.1) is 0 Å². The maximum atomic E-state index is 15.1. The molecule has 4 heteroatoms. The Bertz CT molecular complexity index is 948. The number of benzene rings is 2. The van der Waals surface area contributed by atoms with Crippen LogP contribution in [-0.2, 0) is 0 Å². The Kier molecular flexibility index (Phi) is 6.97. The molecule has 0 saturated heterocycles. The van der Waals surface area contributed by atoms with Gasteiger partial charge in [0.05, 0.1) is 0 Å². The van der Waals surface area contributed by atoms with E-state index in [1.54, 1.807) is 12.1 Å². The minimum atomic E-state index is -1.08. The van der Waals surface area contributed by atoms with Crippen molar-refractivity contribution >= 4 is 0 Å². The first kappa shape index (κ1) is 23.3. The van der Waals surface area contributed by atoms with E-state index in [9.17, 15) is 4.39 Å². The number of rotatable bonds is 4. The van der Waals surface area contributed by atoms with E-state index in [1.165, 1.54) is 12.1 Å². The van der Waals surface area contributed by atoms with Gasteiger partial charge in [-0.1, -0.05) is 57.9 Å². The van der Waals surface area contributed by atoms with E-state index < -0.39 is 23.3 Å². The molecule has 0 nitrogen and oxygen atoms in total. The van der Waals surface area contributed by atoms with Gasteiger partial charge in [0.1, 0.15) is 0 Å². The first-order chi connectivity index (χ1) is 15.3. The van der Waals surface area contributed by atoms with Crippen LogP contribution >= 0.6 is 0 Å². The molecule has 2 aromatic rings. The lowest BCUT2D eigenvalue weighted by Crippen LogP contribution is -2.18. The summed E-state index contributed by atoms with van der Waals surface area (Å²) in [7, 11) is 0. The van der Waals surface area contributed by atoms with Crippen molar-refractivity contribution in [3.05, 3.63) is 58.7 Å². The molecule has 2 aromatic carbocycles. The Morgan fingerprint density at radius 2 is 1.00 bits per heavy atom. The molecule has 32 heavy (non-hydrogen) atoms. The van der Waals surface area contributed by atoms with Crippen molar-refractivity contribution in [1.29, 1.82) is 0 Å². The molecule has 0 atom stereocenters. The van der Waals surface area contributed by atoms with E-state index >= 15 is 13.2 Å². The van der Waals surface area contributed by atoms with E-state index in [0.29, 0.717) is 28.9 Å². The highest BCUT2D eigenvalue weighted by atomic mass is 19.2. The molecular weight excluding hydrogens is 412 g/mol. The van der Waals surface area contributed by atoms with E-state index in [4.69, 9.17) is 0 Å². The molecule has 2 fully saturated rings. The summed E-state index contributed by atoms with van der Waals surface area (Å²) >= 11 is 0. The molecule has 2 aliphatic rings. The lowest BCUT2D eigenvalue weighted by Gasteiger charge is -2.31. The van der Waals surface area contributed by atoms with Gasteiger partial charge in [0, 0.05) is 11.1 Å². The fraction of sp³-hybridized carbons (Fsp3) is 0.571. The maximum absolute atomic E-state index is 15.1. The first-order valence-corrected chi connectivity index (χ1v) is 12.2. The Morgan fingerprint density at radius 3 is 1.41 bits per heavy atom. The zero-order valence-electron chi connectivity index (χ0n) is 19.4. The summed E-state index contributed by atoms with van der Waals surface area (Å²) < 4.78 is 60.0. The number of hydrogen-bond donors (Lipinski definition) is 0. The molecule has 4 rings (SSSR count). The molecule has 0 N–H and O–H groups in total. The molecule has 0 aromatic heterocycles. The third-order valence-corrected chi connectivity index (χ3v) is 8.12. The molecular formula is C28H34F4. The number of hydrogen-bond acceptors (Lipinski definition) is 0. The van der Waals surface area contributed by atoms with Crippen molar-refractivity contribution in [3.8, 4) is 11.1 Å². The fourth-order valence-electron chi connectivity index (χ4n) is 5.84. The largest absolute Gasteiger partial charge is 0.203 e. The zero-order chi connectivity index (χ0) is 23.0. The molecule has 174 valence electrons. The van der Waals surface area contributed by atoms with Gasteiger partial charge in [-0.3, -0.25) is 0 Å². The van der Waals surface area contributed by atoms with Crippen LogP contribution in [0.3, 0.4) is 0 Å². The second-order valence-electron chi connectivity index (χ2n) is 10.5. The van der Waals surface area contributed by atoms with Crippen LogP contribution in [0.25, 0.3) is 11.1 Å². The Hall–Kier alpha value is -1.84. The predicted octanol–water partition coefficient (Wildman–Crippen LogP) is 9.13.